The molecule has 0 radical (unpaired) electrons. The average molecular weight is 403 g/mol. The lowest BCUT2D eigenvalue weighted by atomic mass is 9.97. The fourth-order valence-electron chi connectivity index (χ4n) is 3.89. The smallest absolute Gasteiger partial charge is 0.255 e. The van der Waals surface area contributed by atoms with Crippen LogP contribution >= 0.6 is 24.8 Å². The Morgan fingerprint density at radius 3 is 2.46 bits per heavy atom. The Labute approximate surface area is 169 Å². The number of carbonyl (C=O) groups excluding carboxylic acids is 1. The third-order valence-corrected chi connectivity index (χ3v) is 5.22. The third kappa shape index (κ3) is 6.00. The number of likely N-dealkylation sites (tertiary alicyclic amines) is 1. The predicted octanol–water partition coefficient (Wildman–Crippen LogP) is 3.38. The number of amides is 1. The van der Waals surface area contributed by atoms with Crippen LogP contribution in [-0.2, 0) is 0 Å². The molecule has 148 valence electrons. The van der Waals surface area contributed by atoms with Crippen LogP contribution in [0.2, 0.25) is 0 Å². The molecule has 0 aliphatic carbocycles. The summed E-state index contributed by atoms with van der Waals surface area (Å²) in [6.45, 7) is 4.87. The summed E-state index contributed by atoms with van der Waals surface area (Å²) in [7, 11) is 1.98. The zero-order valence-corrected chi connectivity index (χ0v) is 17.3. The first-order chi connectivity index (χ1) is 11.8. The molecule has 2 aliphatic rings. The summed E-state index contributed by atoms with van der Waals surface area (Å²) in [6, 6.07) is 3.98. The van der Waals surface area contributed by atoms with Gasteiger partial charge in [-0.15, -0.1) is 24.8 Å². The minimum absolute atomic E-state index is 0. The SMILES string of the molecule is CNCC1CCCN(C(=O)c2ccc(N3CCCCCC3)nc2)C1.Cl.Cl. The second kappa shape index (κ2) is 11.6. The molecule has 1 N–H and O–H groups in total. The molecule has 0 bridgehead atoms. The molecule has 3 rings (SSSR count). The summed E-state index contributed by atoms with van der Waals surface area (Å²) in [5.41, 5.74) is 0.721. The number of halogens is 2. The largest absolute Gasteiger partial charge is 0.357 e. The third-order valence-electron chi connectivity index (χ3n) is 5.22. The number of nitrogens with one attached hydrogen (secondary N) is 1. The summed E-state index contributed by atoms with van der Waals surface area (Å²) in [6.07, 6.45) is 9.18. The van der Waals surface area contributed by atoms with Crippen molar-refractivity contribution in [3.8, 4) is 0 Å². The van der Waals surface area contributed by atoms with Crippen molar-refractivity contribution >= 4 is 36.5 Å². The molecule has 1 aromatic rings. The molecule has 0 aromatic carbocycles. The van der Waals surface area contributed by atoms with E-state index >= 15 is 0 Å². The fraction of sp³-hybridized carbons (Fsp3) is 0.684. The van der Waals surface area contributed by atoms with Crippen molar-refractivity contribution < 1.29 is 4.79 Å². The summed E-state index contributed by atoms with van der Waals surface area (Å²) in [5.74, 6) is 1.71. The van der Waals surface area contributed by atoms with Gasteiger partial charge in [-0.2, -0.15) is 0 Å². The molecule has 0 saturated carbocycles. The lowest BCUT2D eigenvalue weighted by Gasteiger charge is -2.32. The molecule has 7 heteroatoms. The molecule has 26 heavy (non-hydrogen) atoms. The second-order valence-electron chi connectivity index (χ2n) is 7.12. The van der Waals surface area contributed by atoms with E-state index in [1.54, 1.807) is 6.20 Å². The van der Waals surface area contributed by atoms with Crippen molar-refractivity contribution in [2.45, 2.75) is 38.5 Å². The molecule has 2 saturated heterocycles. The number of aromatic nitrogens is 1. The van der Waals surface area contributed by atoms with Gasteiger partial charge >= 0.3 is 0 Å². The summed E-state index contributed by atoms with van der Waals surface area (Å²) in [5, 5.41) is 3.23. The van der Waals surface area contributed by atoms with E-state index in [0.29, 0.717) is 5.92 Å². The Bertz CT molecular complexity index is 531. The van der Waals surface area contributed by atoms with E-state index < -0.39 is 0 Å². The van der Waals surface area contributed by atoms with Crippen LogP contribution in [-0.4, -0.2) is 55.6 Å². The molecule has 5 nitrogen and oxygen atoms in total. The van der Waals surface area contributed by atoms with Crippen molar-refractivity contribution in [2.75, 3.05) is 44.7 Å². The van der Waals surface area contributed by atoms with E-state index in [0.717, 1.165) is 50.5 Å². The van der Waals surface area contributed by atoms with Crippen LogP contribution in [0.15, 0.2) is 18.3 Å². The minimum Gasteiger partial charge on any atom is -0.357 e. The van der Waals surface area contributed by atoms with Gasteiger partial charge in [0.25, 0.3) is 5.91 Å². The maximum absolute atomic E-state index is 12.7. The van der Waals surface area contributed by atoms with Gasteiger partial charge in [0.05, 0.1) is 5.56 Å². The molecular weight excluding hydrogens is 371 g/mol. The molecule has 1 unspecified atom stereocenters. The van der Waals surface area contributed by atoms with Crippen LogP contribution in [0.3, 0.4) is 0 Å². The number of carbonyl (C=O) groups is 1. The standard InChI is InChI=1S/C19H30N4O.2ClH/c1-20-13-16-7-6-12-23(15-16)19(24)17-8-9-18(21-14-17)22-10-4-2-3-5-11-22;;/h8-9,14,16,20H,2-7,10-13,15H2,1H3;2*1H. The van der Waals surface area contributed by atoms with Gasteiger partial charge in [0.15, 0.2) is 0 Å². The summed E-state index contributed by atoms with van der Waals surface area (Å²) in [4.78, 5) is 21.7. The number of pyridine rings is 1. The molecule has 3 heterocycles. The maximum atomic E-state index is 12.7. The Morgan fingerprint density at radius 1 is 1.12 bits per heavy atom. The number of nitrogens with zero attached hydrogens (tertiary/aromatic N) is 3. The lowest BCUT2D eigenvalue weighted by Crippen LogP contribution is -2.42. The van der Waals surface area contributed by atoms with Crippen LogP contribution in [0.25, 0.3) is 0 Å². The van der Waals surface area contributed by atoms with Gasteiger partial charge in [-0.3, -0.25) is 4.79 Å². The van der Waals surface area contributed by atoms with Crippen LogP contribution in [0.5, 0.6) is 0 Å². The molecule has 1 aromatic heterocycles. The molecule has 2 fully saturated rings. The average Bonchev–Trinajstić information content (AvgIpc) is 2.91. The van der Waals surface area contributed by atoms with Gasteiger partial charge in [-0.05, 0) is 57.3 Å². The van der Waals surface area contributed by atoms with Crippen LogP contribution in [0, 0.1) is 5.92 Å². The number of piperidine rings is 1. The van der Waals surface area contributed by atoms with Crippen LogP contribution < -0.4 is 10.2 Å². The number of anilines is 1. The van der Waals surface area contributed by atoms with Gasteiger partial charge < -0.3 is 15.1 Å². The van der Waals surface area contributed by atoms with Crippen molar-refractivity contribution in [3.05, 3.63) is 23.9 Å². The quantitative estimate of drug-likeness (QED) is 0.838. The Hall–Kier alpha value is -1.04. The topological polar surface area (TPSA) is 48.5 Å². The van der Waals surface area contributed by atoms with E-state index in [2.05, 4.69) is 15.2 Å². The Kier molecular flexibility index (Phi) is 10.3. The van der Waals surface area contributed by atoms with Gasteiger partial charge in [0.2, 0.25) is 0 Å². The first-order valence-corrected chi connectivity index (χ1v) is 9.43. The van der Waals surface area contributed by atoms with Crippen molar-refractivity contribution in [1.29, 1.82) is 0 Å². The first-order valence-electron chi connectivity index (χ1n) is 9.43. The zero-order valence-electron chi connectivity index (χ0n) is 15.7. The number of hydrogen-bond donors (Lipinski definition) is 1. The first kappa shape index (κ1) is 23.0. The van der Waals surface area contributed by atoms with Gasteiger partial charge in [0, 0.05) is 32.4 Å². The second-order valence-corrected chi connectivity index (χ2v) is 7.12. The van der Waals surface area contributed by atoms with Gasteiger partial charge in [-0.1, -0.05) is 12.8 Å². The molecule has 0 spiro atoms. The summed E-state index contributed by atoms with van der Waals surface area (Å²) >= 11 is 0. The highest BCUT2D eigenvalue weighted by molar-refractivity contribution is 5.94. The highest BCUT2D eigenvalue weighted by Gasteiger charge is 2.24. The molecule has 2 aliphatic heterocycles. The highest BCUT2D eigenvalue weighted by Crippen LogP contribution is 2.20. The number of hydrogen-bond acceptors (Lipinski definition) is 4. The zero-order chi connectivity index (χ0) is 16.8. The lowest BCUT2D eigenvalue weighted by molar-refractivity contribution is 0.0674. The van der Waals surface area contributed by atoms with Crippen molar-refractivity contribution in [2.24, 2.45) is 5.92 Å². The molecule has 1 amide bonds. The highest BCUT2D eigenvalue weighted by atomic mass is 35.5. The van der Waals surface area contributed by atoms with E-state index in [4.69, 9.17) is 0 Å². The Morgan fingerprint density at radius 2 is 1.85 bits per heavy atom. The monoisotopic (exact) mass is 402 g/mol. The van der Waals surface area contributed by atoms with Gasteiger partial charge in [0.1, 0.15) is 5.82 Å². The molecule has 1 atom stereocenters. The minimum atomic E-state index is 0. The van der Waals surface area contributed by atoms with E-state index in [1.165, 1.54) is 32.1 Å². The van der Waals surface area contributed by atoms with E-state index in [1.807, 2.05) is 24.1 Å². The van der Waals surface area contributed by atoms with E-state index in [9.17, 15) is 4.79 Å². The van der Waals surface area contributed by atoms with Crippen molar-refractivity contribution in [1.82, 2.24) is 15.2 Å². The van der Waals surface area contributed by atoms with E-state index in [-0.39, 0.29) is 30.7 Å². The fourth-order valence-corrected chi connectivity index (χ4v) is 3.89. The number of rotatable bonds is 4. The normalized spacial score (nSPS) is 20.6. The van der Waals surface area contributed by atoms with Crippen molar-refractivity contribution in [3.63, 3.8) is 0 Å². The summed E-state index contributed by atoms with van der Waals surface area (Å²) < 4.78 is 0. The van der Waals surface area contributed by atoms with Gasteiger partial charge in [-0.25, -0.2) is 4.98 Å². The predicted molar refractivity (Wildman–Crippen MR) is 112 cm³/mol. The maximum Gasteiger partial charge on any atom is 0.255 e. The van der Waals surface area contributed by atoms with Crippen LogP contribution in [0.4, 0.5) is 5.82 Å². The molecular formula is C19H32Cl2N4O. The Balaban J connectivity index is 0.00000169. The van der Waals surface area contributed by atoms with Crippen LogP contribution in [0.1, 0.15) is 48.9 Å².